The van der Waals surface area contributed by atoms with Crippen molar-refractivity contribution in [1.29, 1.82) is 0 Å². The lowest BCUT2D eigenvalue weighted by atomic mass is 10.1. The Morgan fingerprint density at radius 3 is 2.64 bits per heavy atom. The van der Waals surface area contributed by atoms with E-state index in [9.17, 15) is 5.11 Å². The molecule has 5 rings (SSSR count). The van der Waals surface area contributed by atoms with E-state index in [0.29, 0.717) is 11.6 Å². The first kappa shape index (κ1) is 16.9. The molecule has 0 radical (unpaired) electrons. The van der Waals surface area contributed by atoms with Crippen LogP contribution in [0.1, 0.15) is 41.9 Å². The van der Waals surface area contributed by atoms with Crippen LogP contribution in [-0.2, 0) is 0 Å². The first-order chi connectivity index (χ1) is 13.6. The fourth-order valence-electron chi connectivity index (χ4n) is 3.44. The Labute approximate surface area is 162 Å². The number of hydrogen-bond donors (Lipinski definition) is 1. The maximum atomic E-state index is 11.1. The summed E-state index contributed by atoms with van der Waals surface area (Å²) in [6.07, 6.45) is 8.29. The summed E-state index contributed by atoms with van der Waals surface area (Å²) in [4.78, 5) is 10.8. The van der Waals surface area contributed by atoms with Gasteiger partial charge in [0.1, 0.15) is 11.8 Å². The molecule has 1 unspecified atom stereocenters. The molecule has 0 bridgehead atoms. The van der Waals surface area contributed by atoms with Crippen LogP contribution in [0.2, 0.25) is 0 Å². The predicted octanol–water partition coefficient (Wildman–Crippen LogP) is 2.34. The maximum absolute atomic E-state index is 11.1. The van der Waals surface area contributed by atoms with Crippen LogP contribution in [0.25, 0.3) is 11.2 Å². The number of rotatable bonds is 5. The van der Waals surface area contributed by atoms with Gasteiger partial charge in [-0.05, 0) is 37.1 Å². The Morgan fingerprint density at radius 1 is 1.14 bits per heavy atom. The second-order valence-corrected chi connectivity index (χ2v) is 7.39. The number of aromatic nitrogens is 6. The molecule has 0 spiro atoms. The Balaban J connectivity index is 1.52. The molecule has 1 aliphatic rings. The number of benzene rings is 1. The van der Waals surface area contributed by atoms with Gasteiger partial charge in [0.05, 0.1) is 47.5 Å². The molecule has 28 heavy (non-hydrogen) atoms. The molecule has 0 saturated heterocycles. The summed E-state index contributed by atoms with van der Waals surface area (Å²) >= 11 is 0. The quantitative estimate of drug-likeness (QED) is 0.576. The normalized spacial score (nSPS) is 15.1. The fourth-order valence-corrected chi connectivity index (χ4v) is 3.44. The van der Waals surface area contributed by atoms with Crippen molar-refractivity contribution in [2.24, 2.45) is 0 Å². The average molecular weight is 375 g/mol. The molecule has 1 saturated carbocycles. The van der Waals surface area contributed by atoms with Gasteiger partial charge in [-0.2, -0.15) is 0 Å². The molecule has 8 nitrogen and oxygen atoms in total. The smallest absolute Gasteiger partial charge is 0.142 e. The minimum atomic E-state index is -0.921. The number of nitrogens with zero attached hydrogens (tertiary/aromatic N) is 7. The molecule has 1 fully saturated rings. The van der Waals surface area contributed by atoms with E-state index in [1.165, 1.54) is 0 Å². The van der Waals surface area contributed by atoms with Gasteiger partial charge >= 0.3 is 0 Å². The summed E-state index contributed by atoms with van der Waals surface area (Å²) in [5.41, 5.74) is 4.98. The largest absolute Gasteiger partial charge is 0.380 e. The highest BCUT2D eigenvalue weighted by molar-refractivity contribution is 5.50. The second kappa shape index (κ2) is 6.42. The van der Waals surface area contributed by atoms with Crippen LogP contribution in [0.15, 0.2) is 49.2 Å². The molecule has 1 N–H and O–H groups in total. The van der Waals surface area contributed by atoms with Crippen LogP contribution in [0, 0.1) is 0 Å². The highest BCUT2D eigenvalue weighted by Crippen LogP contribution is 2.42. The van der Waals surface area contributed by atoms with Gasteiger partial charge < -0.3 is 10.0 Å². The van der Waals surface area contributed by atoms with Gasteiger partial charge in [-0.15, -0.1) is 5.10 Å². The van der Waals surface area contributed by atoms with Crippen molar-refractivity contribution >= 4 is 11.2 Å². The topological polar surface area (TPSA) is 84.4 Å². The number of fused-ring (bicyclic) bond motifs is 1. The first-order valence-electron chi connectivity index (χ1n) is 9.31. The van der Waals surface area contributed by atoms with Crippen LogP contribution in [0.4, 0.5) is 5.69 Å². The van der Waals surface area contributed by atoms with Crippen molar-refractivity contribution in [3.05, 3.63) is 66.3 Å². The minimum absolute atomic E-state index is 0.394. The minimum Gasteiger partial charge on any atom is -0.380 e. The molecule has 0 amide bonds. The van der Waals surface area contributed by atoms with Gasteiger partial charge in [-0.3, -0.25) is 9.38 Å². The highest BCUT2D eigenvalue weighted by atomic mass is 16.3. The number of aliphatic hydroxyl groups is 1. The van der Waals surface area contributed by atoms with Gasteiger partial charge in [0, 0.05) is 25.7 Å². The molecular formula is C20H21N7O. The number of anilines is 1. The summed E-state index contributed by atoms with van der Waals surface area (Å²) in [7, 11) is 4.00. The lowest BCUT2D eigenvalue weighted by molar-refractivity contribution is 0.206. The van der Waals surface area contributed by atoms with E-state index in [0.717, 1.165) is 41.1 Å². The third-order valence-corrected chi connectivity index (χ3v) is 5.17. The Bertz CT molecular complexity index is 1130. The van der Waals surface area contributed by atoms with E-state index in [2.05, 4.69) is 20.3 Å². The molecular weight excluding hydrogens is 354 g/mol. The van der Waals surface area contributed by atoms with Crippen LogP contribution < -0.4 is 4.90 Å². The zero-order valence-electron chi connectivity index (χ0n) is 15.8. The fraction of sp³-hybridized carbons (Fsp3) is 0.300. The number of aliphatic hydroxyl groups excluding tert-OH is 1. The van der Waals surface area contributed by atoms with Crippen molar-refractivity contribution in [2.75, 3.05) is 19.0 Å². The molecule has 1 aliphatic carbocycles. The van der Waals surface area contributed by atoms with Gasteiger partial charge in [0.15, 0.2) is 0 Å². The van der Waals surface area contributed by atoms with Crippen molar-refractivity contribution in [3.8, 4) is 5.69 Å². The third kappa shape index (κ3) is 2.82. The molecule has 0 aliphatic heterocycles. The predicted molar refractivity (Wildman–Crippen MR) is 105 cm³/mol. The summed E-state index contributed by atoms with van der Waals surface area (Å²) in [5, 5.41) is 19.6. The summed E-state index contributed by atoms with van der Waals surface area (Å²) < 4.78 is 3.58. The molecule has 142 valence electrons. The highest BCUT2D eigenvalue weighted by Gasteiger charge is 2.32. The van der Waals surface area contributed by atoms with Crippen molar-refractivity contribution < 1.29 is 5.11 Å². The average Bonchev–Trinajstić information content (AvgIpc) is 3.24. The molecule has 1 atom stereocenters. The molecule has 4 aromatic rings. The van der Waals surface area contributed by atoms with E-state index in [-0.39, 0.29) is 0 Å². The van der Waals surface area contributed by atoms with Gasteiger partial charge in [-0.1, -0.05) is 5.21 Å². The van der Waals surface area contributed by atoms with Crippen LogP contribution >= 0.6 is 0 Å². The van der Waals surface area contributed by atoms with Crippen LogP contribution in [0.5, 0.6) is 0 Å². The van der Waals surface area contributed by atoms with Crippen molar-refractivity contribution in [3.63, 3.8) is 0 Å². The molecule has 3 heterocycles. The SMILES string of the molecule is CN(C)c1ccc(-n2cc(C(O)c3c(C4CC4)ncc4cncn34)nn2)cc1. The van der Waals surface area contributed by atoms with Crippen molar-refractivity contribution in [1.82, 2.24) is 29.4 Å². The Morgan fingerprint density at radius 2 is 1.93 bits per heavy atom. The summed E-state index contributed by atoms with van der Waals surface area (Å²) in [6.45, 7) is 0. The van der Waals surface area contributed by atoms with Gasteiger partial charge in [0.2, 0.25) is 0 Å². The third-order valence-electron chi connectivity index (χ3n) is 5.17. The van der Waals surface area contributed by atoms with E-state index in [1.54, 1.807) is 29.6 Å². The maximum Gasteiger partial charge on any atom is 0.142 e. The van der Waals surface area contributed by atoms with Gasteiger partial charge in [0.25, 0.3) is 0 Å². The molecule has 3 aromatic heterocycles. The molecule has 1 aromatic carbocycles. The van der Waals surface area contributed by atoms with Crippen LogP contribution in [-0.4, -0.2) is 48.6 Å². The first-order valence-corrected chi connectivity index (χ1v) is 9.31. The summed E-state index contributed by atoms with van der Waals surface area (Å²) in [6, 6.07) is 8.00. The lowest BCUT2D eigenvalue weighted by Crippen LogP contribution is -2.11. The van der Waals surface area contributed by atoms with E-state index in [1.807, 2.05) is 47.7 Å². The molecule has 8 heteroatoms. The Hall–Kier alpha value is -3.26. The van der Waals surface area contributed by atoms with Crippen molar-refractivity contribution in [2.45, 2.75) is 24.9 Å². The zero-order valence-corrected chi connectivity index (χ0v) is 15.8. The second-order valence-electron chi connectivity index (χ2n) is 7.39. The number of hydrogen-bond acceptors (Lipinski definition) is 6. The Kier molecular flexibility index (Phi) is 3.87. The van der Waals surface area contributed by atoms with Crippen LogP contribution in [0.3, 0.4) is 0 Å². The van der Waals surface area contributed by atoms with E-state index < -0.39 is 6.10 Å². The monoisotopic (exact) mass is 375 g/mol. The van der Waals surface area contributed by atoms with E-state index >= 15 is 0 Å². The van der Waals surface area contributed by atoms with Gasteiger partial charge in [-0.25, -0.2) is 9.67 Å². The standard InChI is InChI=1S/C20H21N7O/c1-25(2)14-5-7-15(8-6-14)27-11-17(23-24-27)20(28)19-18(13-3-4-13)22-10-16-9-21-12-26(16)19/h5-13,20,28H,3-4H2,1-2H3. The van der Waals surface area contributed by atoms with E-state index in [4.69, 9.17) is 0 Å². The zero-order chi connectivity index (χ0) is 19.3. The lowest BCUT2D eigenvalue weighted by Gasteiger charge is -2.15. The summed E-state index contributed by atoms with van der Waals surface area (Å²) in [5.74, 6) is 0.394. The number of imidazole rings is 1.